The van der Waals surface area contributed by atoms with Crippen molar-refractivity contribution in [2.24, 2.45) is 0 Å². The lowest BCUT2D eigenvalue weighted by Gasteiger charge is -2.09. The number of hydrogen-bond acceptors (Lipinski definition) is 3. The van der Waals surface area contributed by atoms with E-state index in [9.17, 15) is 8.42 Å². The SMILES string of the molecule is Cc1ccn(-c2ccc(NS(=O)(=O)Cc3ccccc3)cc2)n1. The quantitative estimate of drug-likeness (QED) is 0.783. The van der Waals surface area contributed by atoms with Gasteiger partial charge in [0.25, 0.3) is 0 Å². The number of benzene rings is 2. The van der Waals surface area contributed by atoms with Gasteiger partial charge >= 0.3 is 0 Å². The molecule has 6 heteroatoms. The van der Waals surface area contributed by atoms with Crippen LogP contribution in [0.15, 0.2) is 66.9 Å². The number of nitrogens with one attached hydrogen (secondary N) is 1. The van der Waals surface area contributed by atoms with E-state index in [-0.39, 0.29) is 5.75 Å². The van der Waals surface area contributed by atoms with E-state index < -0.39 is 10.0 Å². The van der Waals surface area contributed by atoms with E-state index in [1.54, 1.807) is 28.9 Å². The summed E-state index contributed by atoms with van der Waals surface area (Å²) in [7, 11) is -3.43. The highest BCUT2D eigenvalue weighted by molar-refractivity contribution is 7.91. The number of aryl methyl sites for hydroxylation is 1. The van der Waals surface area contributed by atoms with Gasteiger partial charge in [0.15, 0.2) is 0 Å². The summed E-state index contributed by atoms with van der Waals surface area (Å²) in [6.45, 7) is 1.92. The maximum absolute atomic E-state index is 12.2. The molecule has 0 bridgehead atoms. The predicted molar refractivity (Wildman–Crippen MR) is 91.0 cm³/mol. The Bertz CT molecular complexity index is 885. The molecule has 0 aliphatic carbocycles. The second-order valence-corrected chi connectivity index (χ2v) is 7.02. The Balaban J connectivity index is 1.72. The molecule has 3 rings (SSSR count). The van der Waals surface area contributed by atoms with Crippen LogP contribution in [-0.4, -0.2) is 18.2 Å². The molecule has 0 saturated carbocycles. The first kappa shape index (κ1) is 15.3. The highest BCUT2D eigenvalue weighted by Crippen LogP contribution is 2.16. The maximum atomic E-state index is 12.2. The van der Waals surface area contributed by atoms with Crippen molar-refractivity contribution >= 4 is 15.7 Å². The predicted octanol–water partition coefficient (Wildman–Crippen LogP) is 3.12. The Morgan fingerprint density at radius 2 is 1.70 bits per heavy atom. The number of sulfonamides is 1. The van der Waals surface area contributed by atoms with Crippen molar-refractivity contribution in [3.63, 3.8) is 0 Å². The van der Waals surface area contributed by atoms with Gasteiger partial charge < -0.3 is 0 Å². The van der Waals surface area contributed by atoms with Crippen molar-refractivity contribution in [1.82, 2.24) is 9.78 Å². The van der Waals surface area contributed by atoms with Crippen molar-refractivity contribution in [1.29, 1.82) is 0 Å². The summed E-state index contributed by atoms with van der Waals surface area (Å²) in [6.07, 6.45) is 1.86. The number of nitrogens with zero attached hydrogens (tertiary/aromatic N) is 2. The van der Waals surface area contributed by atoms with Crippen molar-refractivity contribution in [2.75, 3.05) is 4.72 Å². The summed E-state index contributed by atoms with van der Waals surface area (Å²) in [4.78, 5) is 0. The summed E-state index contributed by atoms with van der Waals surface area (Å²) in [5.74, 6) is -0.0477. The van der Waals surface area contributed by atoms with Crippen molar-refractivity contribution in [2.45, 2.75) is 12.7 Å². The molecule has 0 amide bonds. The van der Waals surface area contributed by atoms with Gasteiger partial charge in [-0.1, -0.05) is 30.3 Å². The van der Waals surface area contributed by atoms with Gasteiger partial charge in [-0.05, 0) is 42.8 Å². The average molecular weight is 327 g/mol. The molecule has 0 unspecified atom stereocenters. The molecule has 0 fully saturated rings. The number of hydrogen-bond donors (Lipinski definition) is 1. The third-order valence-corrected chi connectivity index (χ3v) is 4.59. The molecule has 0 atom stereocenters. The van der Waals surface area contributed by atoms with Crippen molar-refractivity contribution in [3.8, 4) is 5.69 Å². The fourth-order valence-electron chi connectivity index (χ4n) is 2.25. The molecule has 2 aromatic carbocycles. The molecule has 0 aliphatic heterocycles. The second kappa shape index (κ2) is 6.26. The molecule has 0 aliphatic rings. The summed E-state index contributed by atoms with van der Waals surface area (Å²) < 4.78 is 28.7. The van der Waals surface area contributed by atoms with Crippen LogP contribution in [0.2, 0.25) is 0 Å². The van der Waals surface area contributed by atoms with Crippen LogP contribution in [0.25, 0.3) is 5.69 Å². The number of aromatic nitrogens is 2. The summed E-state index contributed by atoms with van der Waals surface area (Å²) in [5, 5.41) is 4.32. The van der Waals surface area contributed by atoms with E-state index >= 15 is 0 Å². The minimum atomic E-state index is -3.43. The molecular weight excluding hydrogens is 310 g/mol. The van der Waals surface area contributed by atoms with Gasteiger partial charge in [0, 0.05) is 11.9 Å². The van der Waals surface area contributed by atoms with Crippen molar-refractivity contribution in [3.05, 3.63) is 78.1 Å². The first-order valence-corrected chi connectivity index (χ1v) is 8.84. The Morgan fingerprint density at radius 3 is 2.30 bits per heavy atom. The van der Waals surface area contributed by atoms with Crippen LogP contribution in [0.1, 0.15) is 11.3 Å². The number of anilines is 1. The average Bonchev–Trinajstić information content (AvgIpc) is 2.95. The van der Waals surface area contributed by atoms with Gasteiger partial charge in [-0.25, -0.2) is 13.1 Å². The fourth-order valence-corrected chi connectivity index (χ4v) is 3.45. The summed E-state index contributed by atoms with van der Waals surface area (Å²) in [5.41, 5.74) is 3.10. The van der Waals surface area contributed by atoms with E-state index in [0.29, 0.717) is 5.69 Å². The molecular formula is C17H17N3O2S. The van der Waals surface area contributed by atoms with E-state index in [1.807, 2.05) is 49.5 Å². The lowest BCUT2D eigenvalue weighted by Crippen LogP contribution is -2.15. The maximum Gasteiger partial charge on any atom is 0.236 e. The van der Waals surface area contributed by atoms with Crippen molar-refractivity contribution < 1.29 is 8.42 Å². The van der Waals surface area contributed by atoms with Gasteiger partial charge in [0.05, 0.1) is 17.1 Å². The van der Waals surface area contributed by atoms with Gasteiger partial charge in [0.1, 0.15) is 0 Å². The first-order chi connectivity index (χ1) is 11.0. The molecule has 5 nitrogen and oxygen atoms in total. The first-order valence-electron chi connectivity index (χ1n) is 7.19. The second-order valence-electron chi connectivity index (χ2n) is 5.30. The summed E-state index contributed by atoms with van der Waals surface area (Å²) in [6, 6.07) is 18.1. The smallest absolute Gasteiger partial charge is 0.236 e. The van der Waals surface area contributed by atoms with E-state index in [1.165, 1.54) is 0 Å². The monoisotopic (exact) mass is 327 g/mol. The minimum Gasteiger partial charge on any atom is -0.283 e. The molecule has 0 saturated heterocycles. The van der Waals surface area contributed by atoms with Crippen LogP contribution >= 0.6 is 0 Å². The molecule has 1 N–H and O–H groups in total. The Labute approximate surface area is 135 Å². The molecule has 0 radical (unpaired) electrons. The van der Waals surface area contributed by atoms with E-state index in [4.69, 9.17) is 0 Å². The van der Waals surface area contributed by atoms with Gasteiger partial charge in [-0.15, -0.1) is 0 Å². The van der Waals surface area contributed by atoms with E-state index in [0.717, 1.165) is 16.9 Å². The Morgan fingerprint density at radius 1 is 1.00 bits per heavy atom. The largest absolute Gasteiger partial charge is 0.283 e. The minimum absolute atomic E-state index is 0.0477. The molecule has 0 spiro atoms. The van der Waals surface area contributed by atoms with Crippen LogP contribution < -0.4 is 4.72 Å². The molecule has 118 valence electrons. The standard InChI is InChI=1S/C17H17N3O2S/c1-14-11-12-20(18-14)17-9-7-16(8-10-17)19-23(21,22)13-15-5-3-2-4-6-15/h2-12,19H,13H2,1H3. The highest BCUT2D eigenvalue weighted by atomic mass is 32.2. The molecule has 1 heterocycles. The summed E-state index contributed by atoms with van der Waals surface area (Å²) >= 11 is 0. The third kappa shape index (κ3) is 3.98. The topological polar surface area (TPSA) is 64.0 Å². The Kier molecular flexibility index (Phi) is 4.16. The highest BCUT2D eigenvalue weighted by Gasteiger charge is 2.11. The Hall–Kier alpha value is -2.60. The lowest BCUT2D eigenvalue weighted by atomic mass is 10.2. The van der Waals surface area contributed by atoms with Crippen LogP contribution in [0, 0.1) is 6.92 Å². The van der Waals surface area contributed by atoms with E-state index in [2.05, 4.69) is 9.82 Å². The molecule has 1 aromatic heterocycles. The zero-order valence-corrected chi connectivity index (χ0v) is 13.5. The fraction of sp³-hybridized carbons (Fsp3) is 0.118. The zero-order valence-electron chi connectivity index (χ0n) is 12.7. The molecule has 3 aromatic rings. The van der Waals surface area contributed by atoms with Gasteiger partial charge in [0.2, 0.25) is 10.0 Å². The normalized spacial score (nSPS) is 11.3. The lowest BCUT2D eigenvalue weighted by molar-refractivity contribution is 0.600. The van der Waals surface area contributed by atoms with Crippen LogP contribution in [0.4, 0.5) is 5.69 Å². The zero-order chi connectivity index (χ0) is 16.3. The molecule has 23 heavy (non-hydrogen) atoms. The van der Waals surface area contributed by atoms with Crippen LogP contribution in [-0.2, 0) is 15.8 Å². The van der Waals surface area contributed by atoms with Gasteiger partial charge in [-0.3, -0.25) is 4.72 Å². The van der Waals surface area contributed by atoms with Crippen LogP contribution in [0.5, 0.6) is 0 Å². The third-order valence-electron chi connectivity index (χ3n) is 3.33. The number of rotatable bonds is 5. The van der Waals surface area contributed by atoms with Crippen LogP contribution in [0.3, 0.4) is 0 Å². The van der Waals surface area contributed by atoms with Gasteiger partial charge in [-0.2, -0.15) is 5.10 Å².